The van der Waals surface area contributed by atoms with Crippen molar-refractivity contribution in [2.75, 3.05) is 6.54 Å². The lowest BCUT2D eigenvalue weighted by molar-refractivity contribution is 0.148. The van der Waals surface area contributed by atoms with E-state index in [2.05, 4.69) is 10.3 Å². The molecule has 1 aromatic heterocycles. The van der Waals surface area contributed by atoms with E-state index in [1.165, 1.54) is 0 Å². The van der Waals surface area contributed by atoms with Gasteiger partial charge in [-0.25, -0.2) is 4.98 Å². The monoisotopic (exact) mass is 229 g/mol. The quantitative estimate of drug-likeness (QED) is 0.790. The predicted octanol–water partition coefficient (Wildman–Crippen LogP) is 0.934. The molecular formula is C10H16ClN3O. The molecule has 0 bridgehead atoms. The molecule has 1 saturated carbocycles. The molecule has 0 saturated heterocycles. The summed E-state index contributed by atoms with van der Waals surface area (Å²) in [6, 6.07) is 0. The number of rotatable bonds is 5. The second-order valence-corrected chi connectivity index (χ2v) is 4.48. The van der Waals surface area contributed by atoms with E-state index in [0.717, 1.165) is 18.7 Å². The number of hydrogen-bond donors (Lipinski definition) is 2. The van der Waals surface area contributed by atoms with Gasteiger partial charge in [0.25, 0.3) is 0 Å². The van der Waals surface area contributed by atoms with Crippen molar-refractivity contribution in [1.82, 2.24) is 14.9 Å². The third kappa shape index (κ3) is 2.71. The Hall–Kier alpha value is -0.580. The molecule has 0 aliphatic heterocycles. The van der Waals surface area contributed by atoms with E-state index < -0.39 is 0 Å². The molecule has 1 heterocycles. The average Bonchev–Trinajstić information content (AvgIpc) is 3.00. The van der Waals surface area contributed by atoms with Crippen LogP contribution in [0.15, 0.2) is 6.20 Å². The molecule has 2 N–H and O–H groups in total. The van der Waals surface area contributed by atoms with Gasteiger partial charge in [-0.2, -0.15) is 0 Å². The lowest BCUT2D eigenvalue weighted by Crippen LogP contribution is -2.28. The molecule has 1 unspecified atom stereocenters. The van der Waals surface area contributed by atoms with Crippen molar-refractivity contribution in [2.24, 2.45) is 13.0 Å². The van der Waals surface area contributed by atoms with E-state index in [0.29, 0.717) is 24.2 Å². The van der Waals surface area contributed by atoms with Gasteiger partial charge in [-0.15, -0.1) is 0 Å². The second kappa shape index (κ2) is 4.51. The summed E-state index contributed by atoms with van der Waals surface area (Å²) in [6.45, 7) is 1.28. The largest absolute Gasteiger partial charge is 0.392 e. The maximum Gasteiger partial charge on any atom is 0.128 e. The van der Waals surface area contributed by atoms with E-state index in [1.807, 2.05) is 11.6 Å². The van der Waals surface area contributed by atoms with Gasteiger partial charge in [0, 0.05) is 13.6 Å². The lowest BCUT2D eigenvalue weighted by Gasteiger charge is -2.10. The molecule has 0 radical (unpaired) electrons. The minimum absolute atomic E-state index is 0.208. The standard InChI is InChI=1S/C10H16ClN3O/c1-14-9(11)5-13-10(14)6-12-4-8(15)7-2-3-7/h5,7-8,12,15H,2-4,6H2,1H3. The first-order chi connectivity index (χ1) is 7.18. The number of aliphatic hydroxyl groups excluding tert-OH is 1. The van der Waals surface area contributed by atoms with Crippen molar-refractivity contribution in [2.45, 2.75) is 25.5 Å². The number of aliphatic hydroxyl groups is 1. The molecule has 0 amide bonds. The van der Waals surface area contributed by atoms with Gasteiger partial charge in [0.15, 0.2) is 0 Å². The smallest absolute Gasteiger partial charge is 0.128 e. The molecule has 1 aromatic rings. The van der Waals surface area contributed by atoms with Crippen LogP contribution in [0.25, 0.3) is 0 Å². The molecule has 1 aliphatic rings. The molecule has 5 heteroatoms. The highest BCUT2D eigenvalue weighted by molar-refractivity contribution is 6.29. The van der Waals surface area contributed by atoms with Crippen LogP contribution < -0.4 is 5.32 Å². The second-order valence-electron chi connectivity index (χ2n) is 4.09. The van der Waals surface area contributed by atoms with Crippen LogP contribution in [0.2, 0.25) is 5.15 Å². The zero-order valence-electron chi connectivity index (χ0n) is 8.78. The number of aromatic nitrogens is 2. The van der Waals surface area contributed by atoms with E-state index in [4.69, 9.17) is 11.6 Å². The van der Waals surface area contributed by atoms with Gasteiger partial charge < -0.3 is 15.0 Å². The van der Waals surface area contributed by atoms with E-state index in [-0.39, 0.29) is 6.10 Å². The Labute approximate surface area is 94.3 Å². The minimum atomic E-state index is -0.208. The highest BCUT2D eigenvalue weighted by Crippen LogP contribution is 2.32. The molecule has 0 aromatic carbocycles. The van der Waals surface area contributed by atoms with Gasteiger partial charge in [-0.3, -0.25) is 0 Å². The van der Waals surface area contributed by atoms with Crippen LogP contribution in [-0.4, -0.2) is 27.3 Å². The van der Waals surface area contributed by atoms with Crippen LogP contribution in [0.5, 0.6) is 0 Å². The average molecular weight is 230 g/mol. The fourth-order valence-electron chi connectivity index (χ4n) is 1.57. The Bertz CT molecular complexity index is 335. The Morgan fingerprint density at radius 2 is 2.47 bits per heavy atom. The van der Waals surface area contributed by atoms with Crippen molar-refractivity contribution < 1.29 is 5.11 Å². The van der Waals surface area contributed by atoms with E-state index in [1.54, 1.807) is 6.20 Å². The Morgan fingerprint density at radius 3 is 3.00 bits per heavy atom. The van der Waals surface area contributed by atoms with E-state index >= 15 is 0 Å². The van der Waals surface area contributed by atoms with Crippen molar-refractivity contribution >= 4 is 11.6 Å². The number of nitrogens with zero attached hydrogens (tertiary/aromatic N) is 2. The minimum Gasteiger partial charge on any atom is -0.392 e. The molecule has 2 rings (SSSR count). The van der Waals surface area contributed by atoms with E-state index in [9.17, 15) is 5.11 Å². The number of nitrogens with one attached hydrogen (secondary N) is 1. The molecule has 1 aliphatic carbocycles. The van der Waals surface area contributed by atoms with Crippen LogP contribution in [0, 0.1) is 5.92 Å². The Morgan fingerprint density at radius 1 is 1.73 bits per heavy atom. The lowest BCUT2D eigenvalue weighted by atomic mass is 10.2. The van der Waals surface area contributed by atoms with Crippen molar-refractivity contribution in [3.05, 3.63) is 17.2 Å². The van der Waals surface area contributed by atoms with Crippen LogP contribution in [0.3, 0.4) is 0 Å². The summed E-state index contributed by atoms with van der Waals surface area (Å²) >= 11 is 5.85. The Kier molecular flexibility index (Phi) is 3.29. The third-order valence-electron chi connectivity index (χ3n) is 2.83. The van der Waals surface area contributed by atoms with Crippen LogP contribution in [-0.2, 0) is 13.6 Å². The summed E-state index contributed by atoms with van der Waals surface area (Å²) in [5, 5.41) is 13.4. The summed E-state index contributed by atoms with van der Waals surface area (Å²) in [4.78, 5) is 4.16. The first-order valence-corrected chi connectivity index (χ1v) is 5.61. The molecule has 1 atom stereocenters. The number of halogens is 1. The fourth-order valence-corrected chi connectivity index (χ4v) is 1.71. The van der Waals surface area contributed by atoms with Crippen molar-refractivity contribution in [1.29, 1.82) is 0 Å². The first-order valence-electron chi connectivity index (χ1n) is 5.23. The summed E-state index contributed by atoms with van der Waals surface area (Å²) in [5.74, 6) is 1.41. The van der Waals surface area contributed by atoms with Crippen LogP contribution in [0.1, 0.15) is 18.7 Å². The third-order valence-corrected chi connectivity index (χ3v) is 3.18. The van der Waals surface area contributed by atoms with Crippen LogP contribution in [0.4, 0.5) is 0 Å². The van der Waals surface area contributed by atoms with Gasteiger partial charge in [0.1, 0.15) is 11.0 Å². The summed E-state index contributed by atoms with van der Waals surface area (Å²) in [7, 11) is 1.88. The zero-order valence-corrected chi connectivity index (χ0v) is 9.54. The molecular weight excluding hydrogens is 214 g/mol. The van der Waals surface area contributed by atoms with Gasteiger partial charge >= 0.3 is 0 Å². The maximum absolute atomic E-state index is 9.63. The fraction of sp³-hybridized carbons (Fsp3) is 0.700. The highest BCUT2D eigenvalue weighted by Gasteiger charge is 2.29. The van der Waals surface area contributed by atoms with Gasteiger partial charge in [-0.1, -0.05) is 11.6 Å². The molecule has 4 nitrogen and oxygen atoms in total. The maximum atomic E-state index is 9.63. The Balaban J connectivity index is 1.75. The normalized spacial score (nSPS) is 18.1. The van der Waals surface area contributed by atoms with Crippen LogP contribution >= 0.6 is 11.6 Å². The first kappa shape index (κ1) is 10.9. The molecule has 84 valence electrons. The summed E-state index contributed by atoms with van der Waals surface area (Å²) in [5.41, 5.74) is 0. The van der Waals surface area contributed by atoms with Gasteiger partial charge in [-0.05, 0) is 18.8 Å². The molecule has 0 spiro atoms. The summed E-state index contributed by atoms with van der Waals surface area (Å²) < 4.78 is 1.83. The SMILES string of the molecule is Cn1c(Cl)cnc1CNCC(O)C1CC1. The zero-order chi connectivity index (χ0) is 10.8. The van der Waals surface area contributed by atoms with Crippen molar-refractivity contribution in [3.63, 3.8) is 0 Å². The topological polar surface area (TPSA) is 50.1 Å². The van der Waals surface area contributed by atoms with Crippen molar-refractivity contribution in [3.8, 4) is 0 Å². The molecule has 1 fully saturated rings. The van der Waals surface area contributed by atoms with Gasteiger partial charge in [0.2, 0.25) is 0 Å². The number of hydrogen-bond acceptors (Lipinski definition) is 3. The highest BCUT2D eigenvalue weighted by atomic mass is 35.5. The van der Waals surface area contributed by atoms with Gasteiger partial charge in [0.05, 0.1) is 18.8 Å². The number of imidazole rings is 1. The summed E-state index contributed by atoms with van der Waals surface area (Å²) in [6.07, 6.45) is 3.75. The predicted molar refractivity (Wildman–Crippen MR) is 58.7 cm³/mol. The molecule has 15 heavy (non-hydrogen) atoms.